The zero-order valence-corrected chi connectivity index (χ0v) is 12.1. The minimum atomic E-state index is -1.03. The first-order chi connectivity index (χ1) is 9.54. The molecule has 0 radical (unpaired) electrons. The highest BCUT2D eigenvalue weighted by Gasteiger charge is 2.22. The molecule has 9 heteroatoms. The predicted molar refractivity (Wildman–Crippen MR) is 78.8 cm³/mol. The third-order valence-electron chi connectivity index (χ3n) is 2.61. The van der Waals surface area contributed by atoms with Gasteiger partial charge < -0.3 is 0 Å². The number of aromatic nitrogens is 2. The van der Waals surface area contributed by atoms with Gasteiger partial charge in [0, 0.05) is 23.1 Å². The summed E-state index contributed by atoms with van der Waals surface area (Å²) in [6.45, 7) is 0. The standard InChI is InChI=1S/C11H6Cl2N4O2S/c12-9-4-10(13)16-11(15-9)20-5-14-7-3-6(17(18)19)1-2-8(7)20/h1-5,20H. The van der Waals surface area contributed by atoms with E-state index in [9.17, 15) is 10.1 Å². The van der Waals surface area contributed by atoms with E-state index >= 15 is 0 Å². The summed E-state index contributed by atoms with van der Waals surface area (Å²) in [5.74, 6) is 0. The molecule has 0 fully saturated rings. The van der Waals surface area contributed by atoms with Crippen LogP contribution in [0.25, 0.3) is 0 Å². The first-order valence-electron chi connectivity index (χ1n) is 5.36. The zero-order chi connectivity index (χ0) is 14.3. The molecule has 0 bridgehead atoms. The Morgan fingerprint density at radius 1 is 1.15 bits per heavy atom. The fourth-order valence-electron chi connectivity index (χ4n) is 1.76. The van der Waals surface area contributed by atoms with Crippen LogP contribution < -0.4 is 0 Å². The molecule has 0 spiro atoms. The quantitative estimate of drug-likeness (QED) is 0.299. The van der Waals surface area contributed by atoms with E-state index in [0.29, 0.717) is 10.8 Å². The van der Waals surface area contributed by atoms with Crippen LogP contribution in [0.4, 0.5) is 11.4 Å². The third kappa shape index (κ3) is 2.35. The number of thiol groups is 1. The van der Waals surface area contributed by atoms with E-state index in [1.807, 2.05) is 0 Å². The Bertz CT molecular complexity index is 733. The van der Waals surface area contributed by atoms with Gasteiger partial charge in [-0.25, -0.2) is 15.0 Å². The number of halogens is 2. The van der Waals surface area contributed by atoms with Crippen molar-refractivity contribution in [3.8, 4) is 0 Å². The summed E-state index contributed by atoms with van der Waals surface area (Å²) in [6, 6.07) is 5.99. The van der Waals surface area contributed by atoms with Crippen LogP contribution in [0.15, 0.2) is 39.3 Å². The molecule has 1 aromatic carbocycles. The maximum Gasteiger partial charge on any atom is 0.271 e. The van der Waals surface area contributed by atoms with E-state index < -0.39 is 15.8 Å². The molecule has 1 atom stereocenters. The molecule has 0 saturated heterocycles. The predicted octanol–water partition coefficient (Wildman–Crippen LogP) is 3.78. The summed E-state index contributed by atoms with van der Waals surface area (Å²) in [7, 11) is -1.03. The van der Waals surface area contributed by atoms with Crippen molar-refractivity contribution in [1.29, 1.82) is 0 Å². The Morgan fingerprint density at radius 3 is 2.50 bits per heavy atom. The molecular weight excluding hydrogens is 323 g/mol. The van der Waals surface area contributed by atoms with E-state index in [4.69, 9.17) is 23.2 Å². The van der Waals surface area contributed by atoms with Gasteiger partial charge in [0.25, 0.3) is 5.69 Å². The molecule has 1 aromatic heterocycles. The number of benzene rings is 1. The van der Waals surface area contributed by atoms with Gasteiger partial charge in [-0.2, -0.15) is 0 Å². The molecule has 0 amide bonds. The third-order valence-corrected chi connectivity index (χ3v) is 4.87. The number of nitro groups is 1. The van der Waals surface area contributed by atoms with Gasteiger partial charge in [0.15, 0.2) is 5.16 Å². The zero-order valence-electron chi connectivity index (χ0n) is 9.70. The Balaban J connectivity index is 2.05. The molecule has 2 heterocycles. The second-order valence-electron chi connectivity index (χ2n) is 3.86. The van der Waals surface area contributed by atoms with Crippen molar-refractivity contribution < 1.29 is 4.92 Å². The molecule has 2 aromatic rings. The van der Waals surface area contributed by atoms with Crippen LogP contribution in [0.2, 0.25) is 10.3 Å². The number of rotatable bonds is 2. The molecule has 0 N–H and O–H groups in total. The first-order valence-corrected chi connectivity index (χ1v) is 7.53. The highest BCUT2D eigenvalue weighted by molar-refractivity contribution is 8.28. The fourth-order valence-corrected chi connectivity index (χ4v) is 4.02. The van der Waals surface area contributed by atoms with Crippen molar-refractivity contribution in [2.45, 2.75) is 10.1 Å². The highest BCUT2D eigenvalue weighted by atomic mass is 35.5. The van der Waals surface area contributed by atoms with Crippen molar-refractivity contribution in [1.82, 2.24) is 9.97 Å². The van der Waals surface area contributed by atoms with Crippen LogP contribution in [0, 0.1) is 10.1 Å². The molecule has 0 saturated carbocycles. The van der Waals surface area contributed by atoms with Crippen LogP contribution in [0.3, 0.4) is 0 Å². The minimum Gasteiger partial charge on any atom is -0.258 e. The van der Waals surface area contributed by atoms with Crippen LogP contribution in [-0.4, -0.2) is 20.4 Å². The monoisotopic (exact) mass is 328 g/mol. The summed E-state index contributed by atoms with van der Waals surface area (Å²) < 4.78 is 0. The van der Waals surface area contributed by atoms with Gasteiger partial charge in [-0.05, 0) is 6.07 Å². The number of hydrogen-bond acceptors (Lipinski definition) is 5. The molecule has 0 aliphatic carbocycles. The number of nitrogens with zero attached hydrogens (tertiary/aromatic N) is 4. The molecule has 6 nitrogen and oxygen atoms in total. The van der Waals surface area contributed by atoms with E-state index in [1.54, 1.807) is 11.6 Å². The molecule has 1 aliphatic rings. The van der Waals surface area contributed by atoms with Crippen molar-refractivity contribution in [3.63, 3.8) is 0 Å². The van der Waals surface area contributed by atoms with E-state index in [1.165, 1.54) is 18.2 Å². The Hall–Kier alpha value is -1.70. The molecule has 20 heavy (non-hydrogen) atoms. The van der Waals surface area contributed by atoms with Gasteiger partial charge in [-0.1, -0.05) is 23.2 Å². The summed E-state index contributed by atoms with van der Waals surface area (Å²) in [5.41, 5.74) is 2.25. The van der Waals surface area contributed by atoms with Gasteiger partial charge in [0.2, 0.25) is 0 Å². The second kappa shape index (κ2) is 5.01. The summed E-state index contributed by atoms with van der Waals surface area (Å²) >= 11 is 11.7. The van der Waals surface area contributed by atoms with Crippen LogP contribution >= 0.6 is 34.1 Å². The van der Waals surface area contributed by atoms with Crippen LogP contribution in [-0.2, 0) is 0 Å². The maximum absolute atomic E-state index is 10.7. The van der Waals surface area contributed by atoms with Crippen molar-refractivity contribution in [2.75, 3.05) is 0 Å². The Labute approximate surface area is 126 Å². The fraction of sp³-hybridized carbons (Fsp3) is 0. The van der Waals surface area contributed by atoms with Gasteiger partial charge in [-0.3, -0.25) is 10.1 Å². The largest absolute Gasteiger partial charge is 0.271 e. The van der Waals surface area contributed by atoms with Crippen molar-refractivity contribution >= 4 is 51.0 Å². The van der Waals surface area contributed by atoms with Gasteiger partial charge in [0.05, 0.1) is 16.2 Å². The molecule has 1 unspecified atom stereocenters. The smallest absolute Gasteiger partial charge is 0.258 e. The lowest BCUT2D eigenvalue weighted by Gasteiger charge is -2.12. The first kappa shape index (κ1) is 13.3. The van der Waals surface area contributed by atoms with Gasteiger partial charge in [0.1, 0.15) is 10.3 Å². The van der Waals surface area contributed by atoms with Crippen LogP contribution in [0.5, 0.6) is 0 Å². The van der Waals surface area contributed by atoms with Gasteiger partial charge >= 0.3 is 0 Å². The van der Waals surface area contributed by atoms with E-state index in [2.05, 4.69) is 15.0 Å². The number of nitro benzene ring substituents is 1. The summed E-state index contributed by atoms with van der Waals surface area (Å²) in [6.07, 6.45) is 0. The SMILES string of the molecule is O=[N+]([O-])c1ccc2c(c1)N=C[SH]2c1nc(Cl)cc(Cl)n1. The number of fused-ring (bicyclic) bond motifs is 1. The van der Waals surface area contributed by atoms with Crippen molar-refractivity contribution in [2.24, 2.45) is 4.99 Å². The highest BCUT2D eigenvalue weighted by Crippen LogP contribution is 2.51. The lowest BCUT2D eigenvalue weighted by molar-refractivity contribution is -0.384. The average Bonchev–Trinajstić information content (AvgIpc) is 2.80. The van der Waals surface area contributed by atoms with E-state index in [-0.39, 0.29) is 16.0 Å². The topological polar surface area (TPSA) is 81.3 Å². The van der Waals surface area contributed by atoms with E-state index in [0.717, 1.165) is 4.90 Å². The Kier molecular flexibility index (Phi) is 3.33. The molecule has 102 valence electrons. The lowest BCUT2D eigenvalue weighted by Crippen LogP contribution is -1.93. The number of aliphatic imine (C=N–C) groups is 1. The molecular formula is C11H6Cl2N4O2S. The second-order valence-corrected chi connectivity index (χ2v) is 6.49. The van der Waals surface area contributed by atoms with Gasteiger partial charge in [-0.15, -0.1) is 10.9 Å². The molecule has 3 rings (SSSR count). The van der Waals surface area contributed by atoms with Crippen LogP contribution in [0.1, 0.15) is 0 Å². The lowest BCUT2D eigenvalue weighted by atomic mass is 10.3. The van der Waals surface area contributed by atoms with Crippen molar-refractivity contribution in [3.05, 3.63) is 44.7 Å². The number of hydrogen-bond donors (Lipinski definition) is 1. The molecule has 1 aliphatic heterocycles. The Morgan fingerprint density at radius 2 is 1.85 bits per heavy atom. The number of non-ortho nitro benzene ring substituents is 1. The summed E-state index contributed by atoms with van der Waals surface area (Å²) in [4.78, 5) is 23.6. The minimum absolute atomic E-state index is 0.00259. The average molecular weight is 329 g/mol. The summed E-state index contributed by atoms with van der Waals surface area (Å²) in [5, 5.41) is 11.7. The maximum atomic E-state index is 10.7. The normalized spacial score (nSPS) is 18.0.